The first-order valence-electron chi connectivity index (χ1n) is 7.34. The molecule has 1 aromatic heterocycles. The van der Waals surface area contributed by atoms with Crippen LogP contribution in [-0.2, 0) is 4.79 Å². The van der Waals surface area contributed by atoms with Crippen molar-refractivity contribution in [2.45, 2.75) is 32.1 Å². The Morgan fingerprint density at radius 2 is 2.19 bits per heavy atom. The van der Waals surface area contributed by atoms with E-state index in [9.17, 15) is 4.79 Å². The van der Waals surface area contributed by atoms with Crippen molar-refractivity contribution < 1.29 is 4.79 Å². The maximum absolute atomic E-state index is 12.5. The van der Waals surface area contributed by atoms with Crippen LogP contribution < -0.4 is 10.6 Å². The molecule has 3 N–H and O–H groups in total. The van der Waals surface area contributed by atoms with Crippen molar-refractivity contribution in [2.75, 3.05) is 17.2 Å². The molecule has 5 heteroatoms. The summed E-state index contributed by atoms with van der Waals surface area (Å²) in [6.45, 7) is 4.98. The second-order valence-corrected chi connectivity index (χ2v) is 5.71. The fraction of sp³-hybridized carbons (Fsp3) is 0.375. The Kier molecular flexibility index (Phi) is 3.64. The maximum atomic E-state index is 12.5. The van der Waals surface area contributed by atoms with Crippen molar-refractivity contribution in [3.63, 3.8) is 0 Å². The highest BCUT2D eigenvalue weighted by molar-refractivity contribution is 5.96. The van der Waals surface area contributed by atoms with Gasteiger partial charge in [0.2, 0.25) is 5.91 Å². The van der Waals surface area contributed by atoms with Crippen molar-refractivity contribution in [3.05, 3.63) is 41.6 Å². The van der Waals surface area contributed by atoms with Gasteiger partial charge < -0.3 is 10.6 Å². The molecule has 110 valence electrons. The van der Waals surface area contributed by atoms with Gasteiger partial charge in [-0.25, -0.2) is 0 Å². The number of rotatable bonds is 3. The topological polar surface area (TPSA) is 69.8 Å². The van der Waals surface area contributed by atoms with E-state index in [1.165, 1.54) is 0 Å². The summed E-state index contributed by atoms with van der Waals surface area (Å²) in [6.07, 6.45) is 0.796. The molecule has 0 bridgehead atoms. The van der Waals surface area contributed by atoms with Crippen molar-refractivity contribution in [1.29, 1.82) is 0 Å². The van der Waals surface area contributed by atoms with Crippen LogP contribution in [0.4, 0.5) is 11.5 Å². The van der Waals surface area contributed by atoms with Gasteiger partial charge in [0.25, 0.3) is 0 Å². The number of hydrogen-bond donors (Lipinski definition) is 3. The summed E-state index contributed by atoms with van der Waals surface area (Å²) in [5.74, 6) is 0.842. The molecule has 0 aliphatic carbocycles. The zero-order valence-electron chi connectivity index (χ0n) is 12.3. The van der Waals surface area contributed by atoms with Gasteiger partial charge >= 0.3 is 0 Å². The van der Waals surface area contributed by atoms with Crippen LogP contribution in [0.5, 0.6) is 0 Å². The van der Waals surface area contributed by atoms with Gasteiger partial charge in [-0.15, -0.1) is 0 Å². The first-order valence-corrected chi connectivity index (χ1v) is 7.34. The molecule has 3 rings (SSSR count). The lowest BCUT2D eigenvalue weighted by Gasteiger charge is -2.25. The largest absolute Gasteiger partial charge is 0.385 e. The highest BCUT2D eigenvalue weighted by Gasteiger charge is 2.26. The number of H-pyrrole nitrogens is 1. The van der Waals surface area contributed by atoms with Crippen LogP contribution >= 0.6 is 0 Å². The van der Waals surface area contributed by atoms with Gasteiger partial charge in [0.05, 0.1) is 5.92 Å². The number of carbonyl (C=O) groups excluding carboxylic acids is 1. The van der Waals surface area contributed by atoms with E-state index < -0.39 is 0 Å². The van der Waals surface area contributed by atoms with Gasteiger partial charge in [-0.3, -0.25) is 9.89 Å². The van der Waals surface area contributed by atoms with Crippen LogP contribution in [0.1, 0.15) is 43.4 Å². The predicted octanol–water partition coefficient (Wildman–Crippen LogP) is 3.07. The predicted molar refractivity (Wildman–Crippen MR) is 83.6 cm³/mol. The van der Waals surface area contributed by atoms with Gasteiger partial charge in [-0.1, -0.05) is 32.0 Å². The summed E-state index contributed by atoms with van der Waals surface area (Å²) in [4.78, 5) is 12.5. The molecule has 1 aliphatic rings. The smallest absolute Gasteiger partial charge is 0.233 e. The van der Waals surface area contributed by atoms with Gasteiger partial charge in [-0.05, 0) is 24.0 Å². The third-order valence-electron chi connectivity index (χ3n) is 3.87. The number of anilines is 2. The van der Waals surface area contributed by atoms with E-state index in [2.05, 4.69) is 34.7 Å². The van der Waals surface area contributed by atoms with Crippen molar-refractivity contribution in [2.24, 2.45) is 0 Å². The summed E-state index contributed by atoms with van der Waals surface area (Å²) in [7, 11) is 0. The number of hydrogen-bond acceptors (Lipinski definition) is 3. The van der Waals surface area contributed by atoms with E-state index >= 15 is 0 Å². The van der Waals surface area contributed by atoms with Crippen LogP contribution in [0.3, 0.4) is 0 Å². The summed E-state index contributed by atoms with van der Waals surface area (Å²) in [6, 6.07) is 9.87. The first-order chi connectivity index (χ1) is 10.1. The van der Waals surface area contributed by atoms with Crippen molar-refractivity contribution >= 4 is 17.4 Å². The van der Waals surface area contributed by atoms with Crippen LogP contribution in [0.2, 0.25) is 0 Å². The molecular formula is C16H20N4O. The number of carbonyl (C=O) groups is 1. The zero-order chi connectivity index (χ0) is 14.8. The molecule has 1 aromatic carbocycles. The number of para-hydroxylation sites is 1. The third kappa shape index (κ3) is 2.77. The fourth-order valence-corrected chi connectivity index (χ4v) is 2.65. The number of nitrogens with zero attached hydrogens (tertiary/aromatic N) is 1. The minimum absolute atomic E-state index is 0.00533. The average molecular weight is 284 g/mol. The highest BCUT2D eigenvalue weighted by atomic mass is 16.2. The molecule has 0 fully saturated rings. The molecular weight excluding hydrogens is 264 g/mol. The standard InChI is InChI=1S/C16H20N4O/c1-10(2)14-9-15(20-19-14)18-16(21)12-7-8-17-13-6-4-3-5-11(12)13/h3-6,9-10,12,17H,7-8H2,1-2H3,(H2,18,19,20,21). The summed E-state index contributed by atoms with van der Waals surface area (Å²) < 4.78 is 0. The van der Waals surface area contributed by atoms with E-state index in [1.54, 1.807) is 0 Å². The van der Waals surface area contributed by atoms with E-state index in [1.807, 2.05) is 30.3 Å². The SMILES string of the molecule is CC(C)c1cc(NC(=O)C2CCNc3ccccc32)n[nH]1. The van der Waals surface area contributed by atoms with Crippen LogP contribution in [-0.4, -0.2) is 22.6 Å². The molecule has 2 heterocycles. The Morgan fingerprint density at radius 1 is 1.38 bits per heavy atom. The molecule has 5 nitrogen and oxygen atoms in total. The van der Waals surface area contributed by atoms with Gasteiger partial charge in [0.15, 0.2) is 5.82 Å². The second kappa shape index (κ2) is 5.60. The quantitative estimate of drug-likeness (QED) is 0.811. The average Bonchev–Trinajstić information content (AvgIpc) is 2.95. The van der Waals surface area contributed by atoms with E-state index in [-0.39, 0.29) is 11.8 Å². The van der Waals surface area contributed by atoms with Crippen LogP contribution in [0, 0.1) is 0 Å². The highest BCUT2D eigenvalue weighted by Crippen LogP contribution is 2.32. The van der Waals surface area contributed by atoms with Gasteiger partial charge in [0, 0.05) is 24.0 Å². The number of aromatic amines is 1. The van der Waals surface area contributed by atoms with E-state index in [4.69, 9.17) is 0 Å². The number of amides is 1. The second-order valence-electron chi connectivity index (χ2n) is 5.71. The third-order valence-corrected chi connectivity index (χ3v) is 3.87. The molecule has 0 saturated heterocycles. The van der Waals surface area contributed by atoms with Crippen LogP contribution in [0.25, 0.3) is 0 Å². The van der Waals surface area contributed by atoms with E-state index in [0.717, 1.165) is 29.9 Å². The molecule has 1 atom stereocenters. The number of nitrogens with one attached hydrogen (secondary N) is 3. The number of aromatic nitrogens is 2. The first kappa shape index (κ1) is 13.7. The Hall–Kier alpha value is -2.30. The van der Waals surface area contributed by atoms with Gasteiger partial charge in [0.1, 0.15) is 0 Å². The fourth-order valence-electron chi connectivity index (χ4n) is 2.65. The Morgan fingerprint density at radius 3 is 2.95 bits per heavy atom. The normalized spacial score (nSPS) is 17.2. The molecule has 1 aliphatic heterocycles. The van der Waals surface area contributed by atoms with Crippen LogP contribution in [0.15, 0.2) is 30.3 Å². The molecule has 1 amide bonds. The summed E-state index contributed by atoms with van der Waals surface area (Å²) in [5.41, 5.74) is 3.13. The number of fused-ring (bicyclic) bond motifs is 1. The van der Waals surface area contributed by atoms with Crippen molar-refractivity contribution in [1.82, 2.24) is 10.2 Å². The minimum atomic E-state index is -0.123. The molecule has 21 heavy (non-hydrogen) atoms. The lowest BCUT2D eigenvalue weighted by atomic mass is 9.90. The van der Waals surface area contributed by atoms with E-state index in [0.29, 0.717) is 11.7 Å². The lowest BCUT2D eigenvalue weighted by Crippen LogP contribution is -2.27. The molecule has 0 saturated carbocycles. The minimum Gasteiger partial charge on any atom is -0.385 e. The summed E-state index contributed by atoms with van der Waals surface area (Å²) in [5, 5.41) is 13.4. The Labute approximate surface area is 124 Å². The molecule has 0 spiro atoms. The zero-order valence-corrected chi connectivity index (χ0v) is 12.3. The molecule has 2 aromatic rings. The maximum Gasteiger partial charge on any atom is 0.233 e. The number of benzene rings is 1. The van der Waals surface area contributed by atoms with Gasteiger partial charge in [-0.2, -0.15) is 5.10 Å². The van der Waals surface area contributed by atoms with Crippen molar-refractivity contribution in [3.8, 4) is 0 Å². The monoisotopic (exact) mass is 284 g/mol. The Balaban J connectivity index is 1.77. The molecule has 1 unspecified atom stereocenters. The Bertz CT molecular complexity index is 647. The summed E-state index contributed by atoms with van der Waals surface area (Å²) >= 11 is 0. The molecule has 0 radical (unpaired) electrons. The lowest BCUT2D eigenvalue weighted by molar-refractivity contribution is -0.117.